The third kappa shape index (κ3) is 3.21. The van der Waals surface area contributed by atoms with Crippen LogP contribution in [0, 0.1) is 20.8 Å². The van der Waals surface area contributed by atoms with Gasteiger partial charge in [-0.25, -0.2) is 0 Å². The highest BCUT2D eigenvalue weighted by atomic mass is 16.4. The summed E-state index contributed by atoms with van der Waals surface area (Å²) in [6, 6.07) is 22.4. The van der Waals surface area contributed by atoms with Crippen LogP contribution < -0.4 is 10.3 Å². The number of benzene rings is 3. The molecule has 1 unspecified atom stereocenters. The molecular weight excluding hydrogens is 504 g/mol. The number of fused-ring (bicyclic) bond motifs is 5. The van der Waals surface area contributed by atoms with Crippen molar-refractivity contribution >= 4 is 28.5 Å². The standard InChI is InChI=1S/C33H26N2O5/c1-19-8-6-9-22(14-19)17-34-26-12-5-4-11-25(26)33(32(34)38)28-29(36)24-15-20(2)21(3)16-27(24)40-30(28)31(37)35(33)18-23-10-7-13-39-23/h4-16H,17-18H2,1-3H3. The average Bonchev–Trinajstić information content (AvgIpc) is 3.60. The fourth-order valence-electron chi connectivity index (χ4n) is 6.18. The van der Waals surface area contributed by atoms with Crippen LogP contribution >= 0.6 is 0 Å². The highest BCUT2D eigenvalue weighted by Crippen LogP contribution is 2.53. The molecule has 5 aromatic rings. The molecule has 4 heterocycles. The molecule has 1 spiro atoms. The smallest absolute Gasteiger partial charge is 0.291 e. The van der Waals surface area contributed by atoms with Gasteiger partial charge in [-0.2, -0.15) is 0 Å². The van der Waals surface area contributed by atoms with Crippen LogP contribution in [0.25, 0.3) is 11.0 Å². The maximum Gasteiger partial charge on any atom is 0.291 e. The van der Waals surface area contributed by atoms with Crippen molar-refractivity contribution in [3.05, 3.63) is 134 Å². The number of anilines is 1. The highest BCUT2D eigenvalue weighted by Gasteiger charge is 2.65. The first-order valence-corrected chi connectivity index (χ1v) is 13.2. The Morgan fingerprint density at radius 1 is 0.825 bits per heavy atom. The van der Waals surface area contributed by atoms with Crippen molar-refractivity contribution in [1.82, 2.24) is 4.90 Å². The summed E-state index contributed by atoms with van der Waals surface area (Å²) in [7, 11) is 0. The topological polar surface area (TPSA) is 84.0 Å². The van der Waals surface area contributed by atoms with Gasteiger partial charge < -0.3 is 18.6 Å². The Morgan fingerprint density at radius 2 is 1.62 bits per heavy atom. The largest absolute Gasteiger partial charge is 0.467 e. The van der Waals surface area contributed by atoms with Crippen LogP contribution in [0.1, 0.15) is 49.7 Å². The molecule has 7 rings (SSSR count). The molecule has 0 saturated carbocycles. The Labute approximate surface area is 230 Å². The number of carbonyl (C=O) groups excluding carboxylic acids is 2. The molecule has 2 aliphatic heterocycles. The molecule has 0 saturated heterocycles. The van der Waals surface area contributed by atoms with Crippen LogP contribution in [0.5, 0.6) is 0 Å². The van der Waals surface area contributed by atoms with Gasteiger partial charge in [-0.1, -0.05) is 48.0 Å². The maximum atomic E-state index is 14.9. The molecule has 2 aliphatic rings. The minimum Gasteiger partial charge on any atom is -0.467 e. The Bertz CT molecular complexity index is 1920. The second kappa shape index (κ2) is 8.55. The molecule has 0 aliphatic carbocycles. The van der Waals surface area contributed by atoms with Crippen LogP contribution in [0.2, 0.25) is 0 Å². The molecule has 0 fully saturated rings. The van der Waals surface area contributed by atoms with Gasteiger partial charge >= 0.3 is 0 Å². The SMILES string of the molecule is Cc1cccc(CN2C(=O)C3(c4ccccc42)c2c(oc4cc(C)c(C)cc4c2=O)C(=O)N3Cc2ccco2)c1. The van der Waals surface area contributed by atoms with E-state index in [1.54, 1.807) is 29.2 Å². The molecular formula is C33H26N2O5. The van der Waals surface area contributed by atoms with Gasteiger partial charge in [0.15, 0.2) is 11.0 Å². The van der Waals surface area contributed by atoms with E-state index < -0.39 is 11.4 Å². The lowest BCUT2D eigenvalue weighted by atomic mass is 9.83. The van der Waals surface area contributed by atoms with E-state index in [4.69, 9.17) is 8.83 Å². The lowest BCUT2D eigenvalue weighted by Gasteiger charge is -2.33. The molecule has 0 radical (unpaired) electrons. The molecule has 2 amide bonds. The second-order valence-corrected chi connectivity index (χ2v) is 10.6. The number of amides is 2. The van der Waals surface area contributed by atoms with Crippen LogP contribution in [0.15, 0.2) is 92.7 Å². The molecule has 1 atom stereocenters. The summed E-state index contributed by atoms with van der Waals surface area (Å²) in [6.45, 7) is 6.12. The zero-order valence-corrected chi connectivity index (χ0v) is 22.4. The predicted octanol–water partition coefficient (Wildman–Crippen LogP) is 5.76. The number of carbonyl (C=O) groups is 2. The van der Waals surface area contributed by atoms with E-state index in [9.17, 15) is 14.4 Å². The zero-order valence-electron chi connectivity index (χ0n) is 22.4. The Hall–Kier alpha value is -4.91. The fraction of sp³-hybridized carbons (Fsp3) is 0.182. The number of furan rings is 1. The van der Waals surface area contributed by atoms with E-state index in [-0.39, 0.29) is 35.7 Å². The maximum absolute atomic E-state index is 14.9. The minimum atomic E-state index is -1.70. The van der Waals surface area contributed by atoms with Gasteiger partial charge in [0.1, 0.15) is 11.3 Å². The number of hydrogen-bond donors (Lipinski definition) is 0. The van der Waals surface area contributed by atoms with Gasteiger partial charge in [-0.15, -0.1) is 0 Å². The van der Waals surface area contributed by atoms with Crippen LogP contribution in [0.3, 0.4) is 0 Å². The minimum absolute atomic E-state index is 0.0117. The summed E-state index contributed by atoms with van der Waals surface area (Å²) in [5, 5.41) is 0.344. The van der Waals surface area contributed by atoms with Gasteiger partial charge in [-0.05, 0) is 67.8 Å². The Balaban J connectivity index is 1.53. The van der Waals surface area contributed by atoms with Gasteiger partial charge in [0, 0.05) is 5.56 Å². The lowest BCUT2D eigenvalue weighted by Crippen LogP contribution is -2.52. The number of aryl methyl sites for hydroxylation is 3. The third-order valence-corrected chi connectivity index (χ3v) is 8.17. The molecule has 7 nitrogen and oxygen atoms in total. The summed E-state index contributed by atoms with van der Waals surface area (Å²) in [4.78, 5) is 46.5. The van der Waals surface area contributed by atoms with Gasteiger partial charge in [0.05, 0.1) is 36.0 Å². The Morgan fingerprint density at radius 3 is 2.40 bits per heavy atom. The molecule has 7 heteroatoms. The van der Waals surface area contributed by atoms with Crippen molar-refractivity contribution in [3.8, 4) is 0 Å². The number of rotatable bonds is 4. The van der Waals surface area contributed by atoms with E-state index in [1.165, 1.54) is 11.2 Å². The van der Waals surface area contributed by atoms with E-state index in [1.807, 2.05) is 69.3 Å². The number of nitrogens with zero attached hydrogens (tertiary/aromatic N) is 2. The first-order valence-electron chi connectivity index (χ1n) is 13.2. The zero-order chi connectivity index (χ0) is 27.8. The van der Waals surface area contributed by atoms with E-state index in [2.05, 4.69) is 0 Å². The van der Waals surface area contributed by atoms with E-state index in [0.29, 0.717) is 28.0 Å². The molecule has 0 bridgehead atoms. The quantitative estimate of drug-likeness (QED) is 0.295. The van der Waals surface area contributed by atoms with Crippen molar-refractivity contribution in [3.63, 3.8) is 0 Å². The van der Waals surface area contributed by atoms with Crippen LogP contribution in [0.4, 0.5) is 5.69 Å². The molecule has 2 aromatic heterocycles. The van der Waals surface area contributed by atoms with Crippen LogP contribution in [-0.2, 0) is 23.4 Å². The summed E-state index contributed by atoms with van der Waals surface area (Å²) >= 11 is 0. The second-order valence-electron chi connectivity index (χ2n) is 10.6. The van der Waals surface area contributed by atoms with Crippen LogP contribution in [-0.4, -0.2) is 16.7 Å². The van der Waals surface area contributed by atoms with E-state index in [0.717, 1.165) is 22.3 Å². The molecule has 3 aromatic carbocycles. The number of hydrogen-bond acceptors (Lipinski definition) is 5. The lowest BCUT2D eigenvalue weighted by molar-refractivity contribution is -0.126. The fourth-order valence-corrected chi connectivity index (χ4v) is 6.18. The van der Waals surface area contributed by atoms with E-state index >= 15 is 0 Å². The monoisotopic (exact) mass is 530 g/mol. The first kappa shape index (κ1) is 24.2. The molecule has 0 N–H and O–H groups in total. The first-order chi connectivity index (χ1) is 19.3. The van der Waals surface area contributed by atoms with Crippen molar-refractivity contribution in [1.29, 1.82) is 0 Å². The third-order valence-electron chi connectivity index (χ3n) is 8.17. The molecule has 40 heavy (non-hydrogen) atoms. The van der Waals surface area contributed by atoms with Crippen molar-refractivity contribution < 1.29 is 18.4 Å². The van der Waals surface area contributed by atoms with Crippen molar-refractivity contribution in [2.24, 2.45) is 0 Å². The predicted molar refractivity (Wildman–Crippen MR) is 150 cm³/mol. The van der Waals surface area contributed by atoms with Crippen molar-refractivity contribution in [2.75, 3.05) is 4.90 Å². The highest BCUT2D eigenvalue weighted by molar-refractivity contribution is 6.17. The van der Waals surface area contributed by atoms with Gasteiger partial charge in [0.2, 0.25) is 5.76 Å². The van der Waals surface area contributed by atoms with Gasteiger partial charge in [-0.3, -0.25) is 14.4 Å². The normalized spacial score (nSPS) is 17.8. The number of para-hydroxylation sites is 1. The van der Waals surface area contributed by atoms with Crippen molar-refractivity contribution in [2.45, 2.75) is 39.4 Å². The summed E-state index contributed by atoms with van der Waals surface area (Å²) in [6.07, 6.45) is 1.52. The summed E-state index contributed by atoms with van der Waals surface area (Å²) in [5.74, 6) is -0.506. The summed E-state index contributed by atoms with van der Waals surface area (Å²) < 4.78 is 11.8. The Kier molecular flexibility index (Phi) is 5.16. The average molecular weight is 531 g/mol. The molecule has 198 valence electrons. The van der Waals surface area contributed by atoms with Gasteiger partial charge in [0.25, 0.3) is 11.8 Å². The summed E-state index contributed by atoms with van der Waals surface area (Å²) in [5.41, 5.74) is 3.40.